The number of benzene rings is 1. The third-order valence-corrected chi connectivity index (χ3v) is 2.31. The summed E-state index contributed by atoms with van der Waals surface area (Å²) in [5.74, 6) is 0. The molecule has 0 aliphatic carbocycles. The van der Waals surface area contributed by atoms with Crippen molar-refractivity contribution in [3.05, 3.63) is 24.3 Å². The van der Waals surface area contributed by atoms with Crippen LogP contribution in [0.25, 0.3) is 0 Å². The molecule has 0 radical (unpaired) electrons. The molecule has 1 aromatic carbocycles. The van der Waals surface area contributed by atoms with Gasteiger partial charge in [0.1, 0.15) is 0 Å². The highest BCUT2D eigenvalue weighted by Crippen LogP contribution is 2.18. The van der Waals surface area contributed by atoms with Gasteiger partial charge in [-0.1, -0.05) is 13.0 Å². The van der Waals surface area contributed by atoms with Crippen LogP contribution in [0.1, 0.15) is 13.3 Å². The Bertz CT molecular complexity index is 434. The van der Waals surface area contributed by atoms with Crippen molar-refractivity contribution in [2.24, 2.45) is 0 Å². The van der Waals surface area contributed by atoms with E-state index < -0.39 is 6.09 Å². The Morgan fingerprint density at radius 1 is 1.39 bits per heavy atom. The number of amides is 3. The van der Waals surface area contributed by atoms with Crippen LogP contribution in [0.5, 0.6) is 0 Å². The van der Waals surface area contributed by atoms with Gasteiger partial charge >= 0.3 is 12.1 Å². The molecule has 98 valence electrons. The SMILES string of the molecule is CCCNC(=O)Nc1cccc(N(C)C(=O)O)c1. The lowest BCUT2D eigenvalue weighted by Gasteiger charge is -2.14. The van der Waals surface area contributed by atoms with Gasteiger partial charge in [0.05, 0.1) is 0 Å². The minimum atomic E-state index is -1.05. The van der Waals surface area contributed by atoms with E-state index in [-0.39, 0.29) is 6.03 Å². The van der Waals surface area contributed by atoms with E-state index in [4.69, 9.17) is 5.11 Å². The van der Waals surface area contributed by atoms with Crippen molar-refractivity contribution < 1.29 is 14.7 Å². The molecular weight excluding hydrogens is 234 g/mol. The highest BCUT2D eigenvalue weighted by Gasteiger charge is 2.09. The monoisotopic (exact) mass is 251 g/mol. The molecule has 6 nitrogen and oxygen atoms in total. The van der Waals surface area contributed by atoms with Gasteiger partial charge in [0.25, 0.3) is 0 Å². The van der Waals surface area contributed by atoms with E-state index in [0.717, 1.165) is 11.3 Å². The zero-order valence-corrected chi connectivity index (χ0v) is 10.4. The molecule has 0 heterocycles. The molecule has 3 amide bonds. The Labute approximate surface area is 106 Å². The van der Waals surface area contributed by atoms with E-state index >= 15 is 0 Å². The van der Waals surface area contributed by atoms with Gasteiger partial charge in [0.15, 0.2) is 0 Å². The van der Waals surface area contributed by atoms with Crippen LogP contribution < -0.4 is 15.5 Å². The fourth-order valence-electron chi connectivity index (χ4n) is 1.32. The van der Waals surface area contributed by atoms with Gasteiger partial charge in [-0.2, -0.15) is 0 Å². The lowest BCUT2D eigenvalue weighted by atomic mass is 10.2. The molecule has 3 N–H and O–H groups in total. The molecule has 0 atom stereocenters. The molecule has 1 rings (SSSR count). The number of urea groups is 1. The maximum Gasteiger partial charge on any atom is 0.411 e. The highest BCUT2D eigenvalue weighted by molar-refractivity contribution is 5.91. The molecular formula is C12H17N3O3. The zero-order valence-electron chi connectivity index (χ0n) is 10.4. The number of carbonyl (C=O) groups excluding carboxylic acids is 1. The van der Waals surface area contributed by atoms with E-state index in [1.165, 1.54) is 7.05 Å². The smallest absolute Gasteiger partial charge is 0.411 e. The van der Waals surface area contributed by atoms with Crippen molar-refractivity contribution in [2.45, 2.75) is 13.3 Å². The first-order valence-electron chi connectivity index (χ1n) is 5.66. The molecule has 0 unspecified atom stereocenters. The summed E-state index contributed by atoms with van der Waals surface area (Å²) in [5, 5.41) is 14.2. The molecule has 0 aromatic heterocycles. The summed E-state index contributed by atoms with van der Waals surface area (Å²) < 4.78 is 0. The first-order valence-corrected chi connectivity index (χ1v) is 5.66. The van der Waals surface area contributed by atoms with Gasteiger partial charge < -0.3 is 15.7 Å². The molecule has 0 aliphatic heterocycles. The van der Waals surface area contributed by atoms with E-state index in [0.29, 0.717) is 17.9 Å². The molecule has 0 saturated heterocycles. The van der Waals surface area contributed by atoms with Crippen molar-refractivity contribution in [3.8, 4) is 0 Å². The average molecular weight is 251 g/mol. The van der Waals surface area contributed by atoms with Crippen molar-refractivity contribution in [3.63, 3.8) is 0 Å². The molecule has 0 bridgehead atoms. The average Bonchev–Trinajstić information content (AvgIpc) is 2.35. The Kier molecular flexibility index (Phi) is 4.98. The molecule has 18 heavy (non-hydrogen) atoms. The van der Waals surface area contributed by atoms with Crippen LogP contribution in [0.3, 0.4) is 0 Å². The van der Waals surface area contributed by atoms with Crippen molar-refractivity contribution in [1.82, 2.24) is 5.32 Å². The number of hydrogen-bond acceptors (Lipinski definition) is 2. The maximum atomic E-state index is 11.4. The number of carboxylic acid groups (broad SMARTS) is 1. The largest absolute Gasteiger partial charge is 0.465 e. The number of carbonyl (C=O) groups is 2. The lowest BCUT2D eigenvalue weighted by molar-refractivity contribution is 0.203. The fraction of sp³-hybridized carbons (Fsp3) is 0.333. The van der Waals surface area contributed by atoms with Gasteiger partial charge in [-0.15, -0.1) is 0 Å². The topological polar surface area (TPSA) is 81.7 Å². The van der Waals surface area contributed by atoms with Crippen LogP contribution in [0.2, 0.25) is 0 Å². The van der Waals surface area contributed by atoms with E-state index in [1.54, 1.807) is 24.3 Å². The second-order valence-electron chi connectivity index (χ2n) is 3.77. The first kappa shape index (κ1) is 13.8. The Morgan fingerprint density at radius 3 is 2.72 bits per heavy atom. The van der Waals surface area contributed by atoms with Crippen LogP contribution in [0.4, 0.5) is 21.0 Å². The first-order chi connectivity index (χ1) is 8.54. The second-order valence-corrected chi connectivity index (χ2v) is 3.77. The predicted molar refractivity (Wildman–Crippen MR) is 70.2 cm³/mol. The normalized spacial score (nSPS) is 9.67. The standard InChI is InChI=1S/C12H17N3O3/c1-3-7-13-11(16)14-9-5-4-6-10(8-9)15(2)12(17)18/h4-6,8H,3,7H2,1-2H3,(H,17,18)(H2,13,14,16). The number of nitrogens with zero attached hydrogens (tertiary/aromatic N) is 1. The zero-order chi connectivity index (χ0) is 13.5. The molecule has 0 spiro atoms. The third-order valence-electron chi connectivity index (χ3n) is 2.31. The molecule has 0 saturated carbocycles. The Balaban J connectivity index is 2.70. The summed E-state index contributed by atoms with van der Waals surface area (Å²) in [6.07, 6.45) is -0.197. The quantitative estimate of drug-likeness (QED) is 0.768. The van der Waals surface area contributed by atoms with E-state index in [1.807, 2.05) is 6.92 Å². The van der Waals surface area contributed by atoms with Crippen molar-refractivity contribution in [2.75, 3.05) is 23.8 Å². The number of anilines is 2. The molecule has 6 heteroatoms. The summed E-state index contributed by atoms with van der Waals surface area (Å²) in [6, 6.07) is 6.34. The summed E-state index contributed by atoms with van der Waals surface area (Å²) in [6.45, 7) is 2.56. The molecule has 1 aromatic rings. The van der Waals surface area contributed by atoms with E-state index in [9.17, 15) is 9.59 Å². The minimum absolute atomic E-state index is 0.299. The van der Waals surface area contributed by atoms with Crippen molar-refractivity contribution in [1.29, 1.82) is 0 Å². The van der Waals surface area contributed by atoms with Gasteiger partial charge in [-0.3, -0.25) is 4.90 Å². The van der Waals surface area contributed by atoms with Gasteiger partial charge in [-0.05, 0) is 24.6 Å². The summed E-state index contributed by atoms with van der Waals surface area (Å²) in [4.78, 5) is 23.3. The van der Waals surface area contributed by atoms with Crippen LogP contribution >= 0.6 is 0 Å². The number of nitrogens with one attached hydrogen (secondary N) is 2. The van der Waals surface area contributed by atoms with E-state index in [2.05, 4.69) is 10.6 Å². The van der Waals surface area contributed by atoms with Crippen LogP contribution in [-0.4, -0.2) is 30.8 Å². The second kappa shape index (κ2) is 6.48. The Hall–Kier alpha value is -2.24. The summed E-state index contributed by atoms with van der Waals surface area (Å²) in [7, 11) is 1.44. The number of rotatable bonds is 4. The third kappa shape index (κ3) is 3.97. The summed E-state index contributed by atoms with van der Waals surface area (Å²) >= 11 is 0. The summed E-state index contributed by atoms with van der Waals surface area (Å²) in [5.41, 5.74) is 1.05. The predicted octanol–water partition coefficient (Wildman–Crippen LogP) is 2.33. The van der Waals surface area contributed by atoms with Gasteiger partial charge in [0, 0.05) is 25.0 Å². The van der Waals surface area contributed by atoms with Crippen LogP contribution in [0.15, 0.2) is 24.3 Å². The minimum Gasteiger partial charge on any atom is -0.465 e. The molecule has 0 fully saturated rings. The maximum absolute atomic E-state index is 11.4. The highest BCUT2D eigenvalue weighted by atomic mass is 16.4. The molecule has 0 aliphatic rings. The lowest BCUT2D eigenvalue weighted by Crippen LogP contribution is -2.29. The fourth-order valence-corrected chi connectivity index (χ4v) is 1.32. The van der Waals surface area contributed by atoms with Crippen molar-refractivity contribution >= 4 is 23.5 Å². The van der Waals surface area contributed by atoms with Crippen LogP contribution in [0, 0.1) is 0 Å². The number of hydrogen-bond donors (Lipinski definition) is 3. The van der Waals surface area contributed by atoms with Gasteiger partial charge in [-0.25, -0.2) is 9.59 Å². The van der Waals surface area contributed by atoms with Gasteiger partial charge in [0.2, 0.25) is 0 Å². The Morgan fingerprint density at radius 2 is 2.11 bits per heavy atom. The van der Waals surface area contributed by atoms with Crippen LogP contribution in [-0.2, 0) is 0 Å².